The molecule has 0 bridgehead atoms. The smallest absolute Gasteiger partial charge is 0.214 e. The number of halogens is 1. The molecule has 1 heterocycles. The molecule has 0 radical (unpaired) electrons. The molecule has 0 amide bonds. The summed E-state index contributed by atoms with van der Waals surface area (Å²) < 4.78 is 30.7. The van der Waals surface area contributed by atoms with E-state index in [9.17, 15) is 8.42 Å². The quantitative estimate of drug-likeness (QED) is 0.562. The molecule has 140 valence electrons. The number of guanidine groups is 1. The maximum atomic E-state index is 11.8. The minimum absolute atomic E-state index is 0.254. The van der Waals surface area contributed by atoms with E-state index in [2.05, 4.69) is 10.3 Å². The molecule has 1 N–H and O–H groups in total. The normalized spacial score (nSPS) is 17.5. The molecule has 1 fully saturated rings. The zero-order valence-electron chi connectivity index (χ0n) is 14.6. The van der Waals surface area contributed by atoms with Gasteiger partial charge in [-0.2, -0.15) is 0 Å². The van der Waals surface area contributed by atoms with Gasteiger partial charge in [0.15, 0.2) is 5.96 Å². The molecular weight excluding hydrogens is 364 g/mol. The van der Waals surface area contributed by atoms with Gasteiger partial charge in [0.05, 0.1) is 12.3 Å². The predicted octanol–water partition coefficient (Wildman–Crippen LogP) is 1.26. The lowest BCUT2D eigenvalue weighted by molar-refractivity contribution is 0.281. The number of nitrogens with one attached hydrogen (secondary N) is 1. The van der Waals surface area contributed by atoms with E-state index >= 15 is 0 Å². The van der Waals surface area contributed by atoms with E-state index in [1.54, 1.807) is 19.2 Å². The molecule has 0 aliphatic carbocycles. The van der Waals surface area contributed by atoms with Crippen molar-refractivity contribution in [1.82, 2.24) is 14.5 Å². The van der Waals surface area contributed by atoms with Crippen LogP contribution in [0.2, 0.25) is 5.02 Å². The van der Waals surface area contributed by atoms with Gasteiger partial charge in [0.25, 0.3) is 0 Å². The SMILES string of the molecule is CN=C(NCCN1CCCS1(=O)=O)N(C)CCOc1ccc(Cl)cc1. The summed E-state index contributed by atoms with van der Waals surface area (Å²) in [4.78, 5) is 6.16. The van der Waals surface area contributed by atoms with Crippen LogP contribution in [-0.4, -0.2) is 76.2 Å². The highest BCUT2D eigenvalue weighted by Gasteiger charge is 2.27. The molecular formula is C16H25ClN4O3S. The summed E-state index contributed by atoms with van der Waals surface area (Å²) >= 11 is 5.84. The Labute approximate surface area is 154 Å². The third-order valence-electron chi connectivity index (χ3n) is 3.93. The standard InChI is InChI=1S/C16H25ClN4O3S/c1-18-16(19-8-10-21-9-3-13-25(21,22)23)20(2)11-12-24-15-6-4-14(17)5-7-15/h4-7H,3,8-13H2,1-2H3,(H,18,19). The number of hydrogen-bond donors (Lipinski definition) is 1. The van der Waals surface area contributed by atoms with Crippen LogP contribution in [0.5, 0.6) is 5.75 Å². The van der Waals surface area contributed by atoms with Gasteiger partial charge in [-0.25, -0.2) is 12.7 Å². The van der Waals surface area contributed by atoms with Gasteiger partial charge in [0.1, 0.15) is 12.4 Å². The molecule has 2 rings (SSSR count). The lowest BCUT2D eigenvalue weighted by Crippen LogP contribution is -2.44. The first-order valence-corrected chi connectivity index (χ1v) is 10.2. The summed E-state index contributed by atoms with van der Waals surface area (Å²) in [6.45, 7) is 2.72. The van der Waals surface area contributed by atoms with E-state index in [-0.39, 0.29) is 5.75 Å². The maximum Gasteiger partial charge on any atom is 0.214 e. The molecule has 0 aromatic heterocycles. The lowest BCUT2D eigenvalue weighted by Gasteiger charge is -2.23. The Bertz CT molecular complexity index is 679. The first-order chi connectivity index (χ1) is 11.9. The molecule has 1 aliphatic rings. The molecule has 7 nitrogen and oxygen atoms in total. The monoisotopic (exact) mass is 388 g/mol. The third kappa shape index (κ3) is 6.05. The van der Waals surface area contributed by atoms with Crippen LogP contribution in [0.1, 0.15) is 6.42 Å². The summed E-state index contributed by atoms with van der Waals surface area (Å²) in [5.74, 6) is 1.72. The fourth-order valence-corrected chi connectivity index (χ4v) is 4.21. The molecule has 0 atom stereocenters. The number of rotatable bonds is 7. The average Bonchev–Trinajstić information content (AvgIpc) is 2.92. The zero-order valence-corrected chi connectivity index (χ0v) is 16.2. The summed E-state index contributed by atoms with van der Waals surface area (Å²) in [7, 11) is 0.560. The summed E-state index contributed by atoms with van der Waals surface area (Å²) in [5, 5.41) is 3.86. The van der Waals surface area contributed by atoms with E-state index in [1.807, 2.05) is 24.1 Å². The molecule has 0 spiro atoms. The van der Waals surface area contributed by atoms with Gasteiger partial charge in [0.2, 0.25) is 10.0 Å². The number of sulfonamides is 1. The van der Waals surface area contributed by atoms with Gasteiger partial charge in [-0.1, -0.05) is 11.6 Å². The first-order valence-electron chi connectivity index (χ1n) is 8.20. The fraction of sp³-hybridized carbons (Fsp3) is 0.562. The van der Waals surface area contributed by atoms with Crippen LogP contribution in [0.15, 0.2) is 29.3 Å². The van der Waals surface area contributed by atoms with Crippen molar-refractivity contribution in [2.24, 2.45) is 4.99 Å². The Morgan fingerprint density at radius 1 is 1.40 bits per heavy atom. The summed E-state index contributed by atoms with van der Waals surface area (Å²) in [5.41, 5.74) is 0. The van der Waals surface area contributed by atoms with Crippen molar-refractivity contribution in [3.8, 4) is 5.75 Å². The van der Waals surface area contributed by atoms with Gasteiger partial charge in [-0.05, 0) is 30.7 Å². The van der Waals surface area contributed by atoms with Crippen LogP contribution in [0.4, 0.5) is 0 Å². The molecule has 1 aliphatic heterocycles. The minimum atomic E-state index is -3.05. The van der Waals surface area contributed by atoms with E-state index in [0.29, 0.717) is 50.2 Å². The van der Waals surface area contributed by atoms with Crippen molar-refractivity contribution in [3.63, 3.8) is 0 Å². The van der Waals surface area contributed by atoms with Crippen LogP contribution in [0.25, 0.3) is 0 Å². The Morgan fingerprint density at radius 2 is 2.12 bits per heavy atom. The predicted molar refractivity (Wildman–Crippen MR) is 101 cm³/mol. The molecule has 1 saturated heterocycles. The lowest BCUT2D eigenvalue weighted by atomic mass is 10.3. The third-order valence-corrected chi connectivity index (χ3v) is 6.14. The summed E-state index contributed by atoms with van der Waals surface area (Å²) in [6, 6.07) is 7.22. The van der Waals surface area contributed by atoms with Crippen LogP contribution in [-0.2, 0) is 10.0 Å². The van der Waals surface area contributed by atoms with Crippen molar-refractivity contribution >= 4 is 27.6 Å². The van der Waals surface area contributed by atoms with Crippen molar-refractivity contribution in [2.45, 2.75) is 6.42 Å². The van der Waals surface area contributed by atoms with E-state index in [0.717, 1.165) is 5.75 Å². The van der Waals surface area contributed by atoms with Crippen LogP contribution >= 0.6 is 11.6 Å². The molecule has 1 aromatic carbocycles. The van der Waals surface area contributed by atoms with Crippen molar-refractivity contribution in [3.05, 3.63) is 29.3 Å². The van der Waals surface area contributed by atoms with Gasteiger partial charge in [-0.15, -0.1) is 0 Å². The van der Waals surface area contributed by atoms with Crippen LogP contribution in [0, 0.1) is 0 Å². The fourth-order valence-electron chi connectivity index (χ4n) is 2.56. The minimum Gasteiger partial charge on any atom is -0.492 e. The number of hydrogen-bond acceptors (Lipinski definition) is 4. The van der Waals surface area contributed by atoms with Gasteiger partial charge >= 0.3 is 0 Å². The Balaban J connectivity index is 1.71. The number of ether oxygens (including phenoxy) is 1. The number of benzene rings is 1. The van der Waals surface area contributed by atoms with Gasteiger partial charge in [0, 0.05) is 38.8 Å². The van der Waals surface area contributed by atoms with Crippen molar-refractivity contribution in [2.75, 3.05) is 52.6 Å². The van der Waals surface area contributed by atoms with E-state index < -0.39 is 10.0 Å². The van der Waals surface area contributed by atoms with E-state index in [1.165, 1.54) is 4.31 Å². The van der Waals surface area contributed by atoms with Crippen molar-refractivity contribution in [1.29, 1.82) is 0 Å². The second kappa shape index (κ2) is 9.26. The van der Waals surface area contributed by atoms with Gasteiger partial charge in [-0.3, -0.25) is 4.99 Å². The molecule has 0 saturated carbocycles. The number of likely N-dealkylation sites (N-methyl/N-ethyl adjacent to an activating group) is 1. The molecule has 0 unspecified atom stereocenters. The largest absolute Gasteiger partial charge is 0.492 e. The zero-order chi connectivity index (χ0) is 18.3. The highest BCUT2D eigenvalue weighted by Crippen LogP contribution is 2.15. The second-order valence-electron chi connectivity index (χ2n) is 5.77. The highest BCUT2D eigenvalue weighted by atomic mass is 35.5. The maximum absolute atomic E-state index is 11.8. The summed E-state index contributed by atoms with van der Waals surface area (Å²) in [6.07, 6.45) is 0.707. The number of aliphatic imine (C=N–C) groups is 1. The second-order valence-corrected chi connectivity index (χ2v) is 8.29. The average molecular weight is 389 g/mol. The van der Waals surface area contributed by atoms with Crippen LogP contribution in [0.3, 0.4) is 0 Å². The molecule has 9 heteroatoms. The number of nitrogens with zero attached hydrogens (tertiary/aromatic N) is 3. The molecule has 25 heavy (non-hydrogen) atoms. The van der Waals surface area contributed by atoms with E-state index in [4.69, 9.17) is 16.3 Å². The van der Waals surface area contributed by atoms with Crippen LogP contribution < -0.4 is 10.1 Å². The first kappa shape index (κ1) is 19.8. The Kier molecular flexibility index (Phi) is 7.34. The Hall–Kier alpha value is -1.51. The van der Waals surface area contributed by atoms with Gasteiger partial charge < -0.3 is 15.0 Å². The Morgan fingerprint density at radius 3 is 2.72 bits per heavy atom. The van der Waals surface area contributed by atoms with Crippen molar-refractivity contribution < 1.29 is 13.2 Å². The topological polar surface area (TPSA) is 74.2 Å². The highest BCUT2D eigenvalue weighted by molar-refractivity contribution is 7.89. The molecule has 1 aromatic rings.